The number of hydrogen-bond acceptors (Lipinski definition) is 2. The van der Waals surface area contributed by atoms with Crippen LogP contribution in [0, 0.1) is 6.92 Å². The fourth-order valence-electron chi connectivity index (χ4n) is 1.86. The lowest BCUT2D eigenvalue weighted by Crippen LogP contribution is -2.38. The van der Waals surface area contributed by atoms with Crippen molar-refractivity contribution in [3.63, 3.8) is 0 Å². The molecule has 0 spiro atoms. The number of rotatable bonds is 2. The summed E-state index contributed by atoms with van der Waals surface area (Å²) >= 11 is 0. The molecule has 0 saturated carbocycles. The van der Waals surface area contributed by atoms with E-state index in [-0.39, 0.29) is 5.60 Å². The van der Waals surface area contributed by atoms with Gasteiger partial charge in [0.25, 0.3) is 0 Å². The Hall–Kier alpha value is -1.02. The normalized spacial score (nSPS) is 25.6. The predicted molar refractivity (Wildman–Crippen MR) is 55.7 cm³/mol. The molecular formula is C12H16O2. The molecule has 1 fully saturated rings. The van der Waals surface area contributed by atoms with Crippen LogP contribution in [0.2, 0.25) is 0 Å². The van der Waals surface area contributed by atoms with Crippen molar-refractivity contribution in [2.24, 2.45) is 0 Å². The third-order valence-corrected chi connectivity index (χ3v) is 2.92. The number of methoxy groups -OCH3 is 1. The zero-order chi connectivity index (χ0) is 10.2. The molecule has 2 nitrogen and oxygen atoms in total. The number of hydrogen-bond donors (Lipinski definition) is 0. The van der Waals surface area contributed by atoms with Gasteiger partial charge in [0.1, 0.15) is 5.75 Å². The largest absolute Gasteiger partial charge is 0.496 e. The summed E-state index contributed by atoms with van der Waals surface area (Å²) in [7, 11) is 1.70. The Morgan fingerprint density at radius 3 is 2.64 bits per heavy atom. The molecule has 1 atom stereocenters. The van der Waals surface area contributed by atoms with E-state index in [0.29, 0.717) is 0 Å². The smallest absolute Gasteiger partial charge is 0.124 e. The highest BCUT2D eigenvalue weighted by Crippen LogP contribution is 2.41. The summed E-state index contributed by atoms with van der Waals surface area (Å²) < 4.78 is 11.0. The van der Waals surface area contributed by atoms with Crippen LogP contribution >= 0.6 is 0 Å². The van der Waals surface area contributed by atoms with Crippen LogP contribution in [0.3, 0.4) is 0 Å². The SMILES string of the molecule is COc1ccc(C)cc1C1(C)CCO1. The van der Waals surface area contributed by atoms with E-state index in [9.17, 15) is 0 Å². The summed E-state index contributed by atoms with van der Waals surface area (Å²) in [5.74, 6) is 0.929. The average Bonchev–Trinajstić information content (AvgIpc) is 2.14. The van der Waals surface area contributed by atoms with Gasteiger partial charge >= 0.3 is 0 Å². The van der Waals surface area contributed by atoms with Crippen molar-refractivity contribution in [2.45, 2.75) is 25.9 Å². The van der Waals surface area contributed by atoms with E-state index in [1.165, 1.54) is 11.1 Å². The predicted octanol–water partition coefficient (Wildman–Crippen LogP) is 2.64. The van der Waals surface area contributed by atoms with Gasteiger partial charge in [-0.05, 0) is 26.0 Å². The molecule has 0 aliphatic carbocycles. The molecule has 14 heavy (non-hydrogen) atoms. The quantitative estimate of drug-likeness (QED) is 0.717. The van der Waals surface area contributed by atoms with Crippen LogP contribution in [0.5, 0.6) is 5.75 Å². The first-order valence-corrected chi connectivity index (χ1v) is 4.95. The summed E-state index contributed by atoms with van der Waals surface area (Å²) in [6.45, 7) is 5.06. The van der Waals surface area contributed by atoms with Crippen LogP contribution in [-0.4, -0.2) is 13.7 Å². The molecule has 76 valence electrons. The molecule has 1 aliphatic heterocycles. The minimum Gasteiger partial charge on any atom is -0.496 e. The van der Waals surface area contributed by atoms with Crippen molar-refractivity contribution >= 4 is 0 Å². The van der Waals surface area contributed by atoms with Crippen LogP contribution in [-0.2, 0) is 10.3 Å². The molecular weight excluding hydrogens is 176 g/mol. The summed E-state index contributed by atoms with van der Waals surface area (Å²) in [5, 5.41) is 0. The standard InChI is InChI=1S/C12H16O2/c1-9-4-5-11(13-3)10(8-9)12(2)6-7-14-12/h4-5,8H,6-7H2,1-3H3. The van der Waals surface area contributed by atoms with Gasteiger partial charge in [0, 0.05) is 12.0 Å². The minimum atomic E-state index is -0.128. The van der Waals surface area contributed by atoms with Gasteiger partial charge in [-0.2, -0.15) is 0 Å². The van der Waals surface area contributed by atoms with Crippen molar-refractivity contribution in [3.8, 4) is 5.75 Å². The Labute approximate surface area is 84.8 Å². The zero-order valence-corrected chi connectivity index (χ0v) is 8.96. The Kier molecular flexibility index (Phi) is 2.23. The molecule has 1 aromatic rings. The van der Waals surface area contributed by atoms with Crippen molar-refractivity contribution < 1.29 is 9.47 Å². The molecule has 0 radical (unpaired) electrons. The van der Waals surface area contributed by atoms with Crippen molar-refractivity contribution in [3.05, 3.63) is 29.3 Å². The first-order chi connectivity index (χ1) is 6.65. The summed E-state index contributed by atoms with van der Waals surface area (Å²) in [5.41, 5.74) is 2.29. The Bertz CT molecular complexity index is 340. The first-order valence-electron chi connectivity index (χ1n) is 4.95. The van der Waals surface area contributed by atoms with Crippen molar-refractivity contribution in [1.29, 1.82) is 0 Å². The summed E-state index contributed by atoms with van der Waals surface area (Å²) in [6, 6.07) is 6.22. The van der Waals surface area contributed by atoms with Crippen LogP contribution in [0.25, 0.3) is 0 Å². The number of ether oxygens (including phenoxy) is 2. The van der Waals surface area contributed by atoms with E-state index in [1.54, 1.807) is 7.11 Å². The van der Waals surface area contributed by atoms with Gasteiger partial charge in [0.2, 0.25) is 0 Å². The second-order valence-corrected chi connectivity index (χ2v) is 4.03. The highest BCUT2D eigenvalue weighted by molar-refractivity contribution is 5.41. The molecule has 2 heteroatoms. The molecule has 1 unspecified atom stereocenters. The molecule has 1 aliphatic rings. The van der Waals surface area contributed by atoms with E-state index in [4.69, 9.17) is 9.47 Å². The lowest BCUT2D eigenvalue weighted by Gasteiger charge is -2.39. The third-order valence-electron chi connectivity index (χ3n) is 2.92. The number of benzene rings is 1. The van der Waals surface area contributed by atoms with E-state index in [1.807, 2.05) is 6.07 Å². The molecule has 0 N–H and O–H groups in total. The van der Waals surface area contributed by atoms with E-state index < -0.39 is 0 Å². The van der Waals surface area contributed by atoms with Gasteiger partial charge in [-0.3, -0.25) is 0 Å². The second kappa shape index (κ2) is 3.28. The van der Waals surface area contributed by atoms with Crippen LogP contribution in [0.15, 0.2) is 18.2 Å². The van der Waals surface area contributed by atoms with Gasteiger partial charge < -0.3 is 9.47 Å². The van der Waals surface area contributed by atoms with E-state index in [2.05, 4.69) is 26.0 Å². The molecule has 0 aromatic heterocycles. The topological polar surface area (TPSA) is 18.5 Å². The van der Waals surface area contributed by atoms with E-state index in [0.717, 1.165) is 18.8 Å². The molecule has 1 saturated heterocycles. The van der Waals surface area contributed by atoms with Crippen LogP contribution in [0.1, 0.15) is 24.5 Å². The fraction of sp³-hybridized carbons (Fsp3) is 0.500. The van der Waals surface area contributed by atoms with E-state index >= 15 is 0 Å². The molecule has 1 heterocycles. The highest BCUT2D eigenvalue weighted by atomic mass is 16.5. The average molecular weight is 192 g/mol. The molecule has 0 amide bonds. The third kappa shape index (κ3) is 1.40. The minimum absolute atomic E-state index is 0.128. The monoisotopic (exact) mass is 192 g/mol. The molecule has 1 aromatic carbocycles. The lowest BCUT2D eigenvalue weighted by atomic mass is 9.87. The first kappa shape index (κ1) is 9.53. The summed E-state index contributed by atoms with van der Waals surface area (Å²) in [6.07, 6.45) is 1.08. The molecule has 2 rings (SSSR count). The van der Waals surface area contributed by atoms with Gasteiger partial charge in [0.15, 0.2) is 0 Å². The summed E-state index contributed by atoms with van der Waals surface area (Å²) in [4.78, 5) is 0. The van der Waals surface area contributed by atoms with Gasteiger partial charge in [0.05, 0.1) is 19.3 Å². The zero-order valence-electron chi connectivity index (χ0n) is 8.96. The Morgan fingerprint density at radius 2 is 2.14 bits per heavy atom. The van der Waals surface area contributed by atoms with Gasteiger partial charge in [-0.25, -0.2) is 0 Å². The Morgan fingerprint density at radius 1 is 1.43 bits per heavy atom. The highest BCUT2D eigenvalue weighted by Gasteiger charge is 2.37. The molecule has 0 bridgehead atoms. The van der Waals surface area contributed by atoms with Crippen molar-refractivity contribution in [2.75, 3.05) is 13.7 Å². The van der Waals surface area contributed by atoms with Crippen LogP contribution < -0.4 is 4.74 Å². The maximum absolute atomic E-state index is 5.62. The fourth-order valence-corrected chi connectivity index (χ4v) is 1.86. The van der Waals surface area contributed by atoms with Gasteiger partial charge in [-0.15, -0.1) is 0 Å². The van der Waals surface area contributed by atoms with Crippen molar-refractivity contribution in [1.82, 2.24) is 0 Å². The van der Waals surface area contributed by atoms with Crippen LogP contribution in [0.4, 0.5) is 0 Å². The number of aryl methyl sites for hydroxylation is 1. The second-order valence-electron chi connectivity index (χ2n) is 4.03. The maximum atomic E-state index is 5.62. The van der Waals surface area contributed by atoms with Gasteiger partial charge in [-0.1, -0.05) is 11.6 Å². The lowest BCUT2D eigenvalue weighted by molar-refractivity contribution is -0.141. The Balaban J connectivity index is 2.43. The maximum Gasteiger partial charge on any atom is 0.124 e.